The van der Waals surface area contributed by atoms with Crippen LogP contribution in [-0.4, -0.2) is 29.0 Å². The summed E-state index contributed by atoms with van der Waals surface area (Å²) in [5, 5.41) is 3.00. The first-order valence-corrected chi connectivity index (χ1v) is 9.20. The van der Waals surface area contributed by atoms with Crippen molar-refractivity contribution in [2.75, 3.05) is 18.0 Å². The van der Waals surface area contributed by atoms with Crippen LogP contribution in [0.25, 0.3) is 0 Å². The third-order valence-electron chi connectivity index (χ3n) is 4.41. The maximum atomic E-state index is 13.8. The molecule has 1 aromatic carbocycles. The van der Waals surface area contributed by atoms with E-state index in [-0.39, 0.29) is 29.5 Å². The molecule has 0 atom stereocenters. The number of carbonyl (C=O) groups excluding carboxylic acids is 1. The molecular formula is C19H22ClFN4O. The minimum Gasteiger partial charge on any atom is -0.357 e. The SMILES string of the molecule is Cc1cc(N2CCCCC2)nc(CNC(=O)Cc2c(F)cccc2Cl)n1. The number of aryl methyl sites for hydroxylation is 1. The zero-order valence-corrected chi connectivity index (χ0v) is 15.5. The van der Waals surface area contributed by atoms with Crippen LogP contribution < -0.4 is 10.2 Å². The van der Waals surface area contributed by atoms with E-state index in [2.05, 4.69) is 20.2 Å². The number of amides is 1. The number of benzene rings is 1. The van der Waals surface area contributed by atoms with E-state index in [1.807, 2.05) is 13.0 Å². The van der Waals surface area contributed by atoms with Crippen molar-refractivity contribution in [3.8, 4) is 0 Å². The minimum absolute atomic E-state index is 0.115. The number of rotatable bonds is 5. The van der Waals surface area contributed by atoms with Crippen LogP contribution in [0.5, 0.6) is 0 Å². The molecule has 2 heterocycles. The largest absolute Gasteiger partial charge is 0.357 e. The molecule has 1 N–H and O–H groups in total. The average molecular weight is 377 g/mol. The fourth-order valence-corrected chi connectivity index (χ4v) is 3.31. The molecule has 2 aromatic rings. The molecule has 1 aliphatic rings. The first kappa shape index (κ1) is 18.6. The number of piperidine rings is 1. The Kier molecular flexibility index (Phi) is 6.04. The zero-order chi connectivity index (χ0) is 18.5. The first-order valence-electron chi connectivity index (χ1n) is 8.82. The molecule has 7 heteroatoms. The molecule has 0 spiro atoms. The summed E-state index contributed by atoms with van der Waals surface area (Å²) in [6, 6.07) is 6.35. The Hall–Kier alpha value is -2.21. The molecule has 0 saturated carbocycles. The van der Waals surface area contributed by atoms with Gasteiger partial charge in [-0.25, -0.2) is 14.4 Å². The van der Waals surface area contributed by atoms with Crippen LogP contribution in [0.2, 0.25) is 5.02 Å². The number of hydrogen-bond donors (Lipinski definition) is 1. The molecule has 138 valence electrons. The lowest BCUT2D eigenvalue weighted by atomic mass is 10.1. The maximum absolute atomic E-state index is 13.8. The fourth-order valence-electron chi connectivity index (χ4n) is 3.08. The maximum Gasteiger partial charge on any atom is 0.224 e. The van der Waals surface area contributed by atoms with E-state index in [0.717, 1.165) is 24.6 Å². The van der Waals surface area contributed by atoms with Crippen molar-refractivity contribution in [2.45, 2.75) is 39.2 Å². The second kappa shape index (κ2) is 8.45. The van der Waals surface area contributed by atoms with Crippen LogP contribution in [0.3, 0.4) is 0 Å². The van der Waals surface area contributed by atoms with Gasteiger partial charge in [-0.1, -0.05) is 17.7 Å². The van der Waals surface area contributed by atoms with E-state index in [0.29, 0.717) is 5.82 Å². The number of nitrogens with zero attached hydrogens (tertiary/aromatic N) is 3. The summed E-state index contributed by atoms with van der Waals surface area (Å²) in [7, 11) is 0. The highest BCUT2D eigenvalue weighted by atomic mass is 35.5. The lowest BCUT2D eigenvalue weighted by molar-refractivity contribution is -0.120. The van der Waals surface area contributed by atoms with Crippen LogP contribution in [0.1, 0.15) is 36.3 Å². The molecule has 1 saturated heterocycles. The fraction of sp³-hybridized carbons (Fsp3) is 0.421. The molecule has 1 amide bonds. The molecular weight excluding hydrogens is 355 g/mol. The molecule has 1 aliphatic heterocycles. The van der Waals surface area contributed by atoms with Gasteiger partial charge in [0.2, 0.25) is 5.91 Å². The van der Waals surface area contributed by atoms with Gasteiger partial charge in [0.1, 0.15) is 17.5 Å². The number of anilines is 1. The van der Waals surface area contributed by atoms with Crippen molar-refractivity contribution in [3.63, 3.8) is 0 Å². The van der Waals surface area contributed by atoms with Crippen LogP contribution in [0.15, 0.2) is 24.3 Å². The van der Waals surface area contributed by atoms with Gasteiger partial charge in [0.15, 0.2) is 0 Å². The second-order valence-electron chi connectivity index (χ2n) is 6.49. The molecule has 0 unspecified atom stereocenters. The third kappa shape index (κ3) is 4.69. The summed E-state index contributed by atoms with van der Waals surface area (Å²) < 4.78 is 13.8. The summed E-state index contributed by atoms with van der Waals surface area (Å²) in [5.41, 5.74) is 1.06. The number of halogens is 2. The molecule has 26 heavy (non-hydrogen) atoms. The Balaban J connectivity index is 1.63. The summed E-state index contributed by atoms with van der Waals surface area (Å²) in [4.78, 5) is 23.4. The van der Waals surface area contributed by atoms with Gasteiger partial charge in [0.05, 0.1) is 13.0 Å². The molecule has 1 fully saturated rings. The summed E-state index contributed by atoms with van der Waals surface area (Å²) in [5.74, 6) is 0.658. The minimum atomic E-state index is -0.480. The van der Waals surface area contributed by atoms with Crippen molar-refractivity contribution >= 4 is 23.3 Å². The number of hydrogen-bond acceptors (Lipinski definition) is 4. The van der Waals surface area contributed by atoms with Gasteiger partial charge in [0.25, 0.3) is 0 Å². The third-order valence-corrected chi connectivity index (χ3v) is 4.76. The van der Waals surface area contributed by atoms with Crippen molar-refractivity contribution in [1.82, 2.24) is 15.3 Å². The zero-order valence-electron chi connectivity index (χ0n) is 14.8. The Labute approximate surface area is 157 Å². The van der Waals surface area contributed by atoms with E-state index >= 15 is 0 Å². The number of aromatic nitrogens is 2. The average Bonchev–Trinajstić information content (AvgIpc) is 2.63. The van der Waals surface area contributed by atoms with Crippen molar-refractivity contribution in [1.29, 1.82) is 0 Å². The van der Waals surface area contributed by atoms with E-state index in [1.54, 1.807) is 6.07 Å². The van der Waals surface area contributed by atoms with Crippen molar-refractivity contribution in [3.05, 3.63) is 52.2 Å². The standard InChI is InChI=1S/C19H22ClFN4O/c1-13-10-18(25-8-3-2-4-9-25)24-17(23-13)12-22-19(26)11-14-15(20)6-5-7-16(14)21/h5-7,10H,2-4,8-9,11-12H2,1H3,(H,22,26). The van der Waals surface area contributed by atoms with Gasteiger partial charge in [-0.05, 0) is 38.3 Å². The Morgan fingerprint density at radius 2 is 2.04 bits per heavy atom. The number of carbonyl (C=O) groups is 1. The highest BCUT2D eigenvalue weighted by molar-refractivity contribution is 6.31. The molecule has 3 rings (SSSR count). The van der Waals surface area contributed by atoms with Crippen LogP contribution in [0.4, 0.5) is 10.2 Å². The van der Waals surface area contributed by atoms with Crippen LogP contribution in [0, 0.1) is 12.7 Å². The second-order valence-corrected chi connectivity index (χ2v) is 6.89. The van der Waals surface area contributed by atoms with E-state index in [9.17, 15) is 9.18 Å². The summed E-state index contributed by atoms with van der Waals surface area (Å²) in [6.07, 6.45) is 3.47. The normalized spacial score (nSPS) is 14.3. The van der Waals surface area contributed by atoms with Gasteiger partial charge < -0.3 is 10.2 Å². The molecule has 1 aromatic heterocycles. The van der Waals surface area contributed by atoms with Gasteiger partial charge in [-0.2, -0.15) is 0 Å². The summed E-state index contributed by atoms with van der Waals surface area (Å²) in [6.45, 7) is 4.11. The van der Waals surface area contributed by atoms with Crippen LogP contribution in [-0.2, 0) is 17.8 Å². The Morgan fingerprint density at radius 1 is 1.27 bits per heavy atom. The molecule has 0 aliphatic carbocycles. The quantitative estimate of drug-likeness (QED) is 0.868. The highest BCUT2D eigenvalue weighted by Crippen LogP contribution is 2.20. The molecule has 0 bridgehead atoms. The lowest BCUT2D eigenvalue weighted by Gasteiger charge is -2.28. The van der Waals surface area contributed by atoms with E-state index in [4.69, 9.17) is 11.6 Å². The van der Waals surface area contributed by atoms with Gasteiger partial charge in [-0.3, -0.25) is 4.79 Å². The Morgan fingerprint density at radius 3 is 2.77 bits per heavy atom. The smallest absolute Gasteiger partial charge is 0.224 e. The highest BCUT2D eigenvalue weighted by Gasteiger charge is 2.15. The monoisotopic (exact) mass is 376 g/mol. The van der Waals surface area contributed by atoms with E-state index in [1.165, 1.54) is 31.4 Å². The molecule has 5 nitrogen and oxygen atoms in total. The first-order chi connectivity index (χ1) is 12.5. The van der Waals surface area contributed by atoms with Crippen molar-refractivity contribution in [2.24, 2.45) is 0 Å². The van der Waals surface area contributed by atoms with Crippen molar-refractivity contribution < 1.29 is 9.18 Å². The van der Waals surface area contributed by atoms with Gasteiger partial charge in [-0.15, -0.1) is 0 Å². The van der Waals surface area contributed by atoms with E-state index < -0.39 is 5.82 Å². The number of nitrogens with one attached hydrogen (secondary N) is 1. The molecule has 0 radical (unpaired) electrons. The lowest BCUT2D eigenvalue weighted by Crippen LogP contribution is -2.31. The topological polar surface area (TPSA) is 58.1 Å². The van der Waals surface area contributed by atoms with Gasteiger partial charge in [0, 0.05) is 35.4 Å². The van der Waals surface area contributed by atoms with Crippen LogP contribution >= 0.6 is 11.6 Å². The predicted octanol–water partition coefficient (Wildman–Crippen LogP) is 3.43. The Bertz CT molecular complexity index is 773. The predicted molar refractivity (Wildman–Crippen MR) is 99.8 cm³/mol. The van der Waals surface area contributed by atoms with Gasteiger partial charge >= 0.3 is 0 Å². The summed E-state index contributed by atoms with van der Waals surface area (Å²) >= 11 is 5.97.